The van der Waals surface area contributed by atoms with Gasteiger partial charge in [0.1, 0.15) is 11.5 Å². The molecule has 0 aliphatic heterocycles. The smallest absolute Gasteiger partial charge is 0.118 e. The Bertz CT molecular complexity index is 523. The average molecular weight is 377 g/mol. The van der Waals surface area contributed by atoms with E-state index in [4.69, 9.17) is 0 Å². The summed E-state index contributed by atoms with van der Waals surface area (Å²) in [6, 6.07) is 11.2. The number of aromatic hydroxyl groups is 2. The van der Waals surface area contributed by atoms with E-state index in [1.54, 1.807) is 12.1 Å². The Morgan fingerprint density at radius 2 is 0.852 bits per heavy atom. The highest BCUT2D eigenvalue weighted by Crippen LogP contribution is 2.22. The van der Waals surface area contributed by atoms with Gasteiger partial charge in [-0.1, -0.05) is 92.5 Å². The van der Waals surface area contributed by atoms with Crippen molar-refractivity contribution >= 4 is 0 Å². The maximum Gasteiger partial charge on any atom is 0.118 e. The Morgan fingerprint density at radius 1 is 0.593 bits per heavy atom. The van der Waals surface area contributed by atoms with Gasteiger partial charge in [0, 0.05) is 0 Å². The number of rotatable bonds is 2. The van der Waals surface area contributed by atoms with Crippen LogP contribution in [0.4, 0.5) is 0 Å². The molecule has 0 bridgehead atoms. The summed E-state index contributed by atoms with van der Waals surface area (Å²) in [6.07, 6.45) is 3.31. The maximum atomic E-state index is 9.46. The van der Waals surface area contributed by atoms with Crippen molar-refractivity contribution in [1.29, 1.82) is 0 Å². The largest absolute Gasteiger partial charge is 0.508 e. The normalized spacial score (nSPS) is 8.37. The SMILES string of the molecule is CC.CC.CCC.CCC.Cc1cc(Cc2ccc(O)c(C)c2)ccc1O. The van der Waals surface area contributed by atoms with Gasteiger partial charge < -0.3 is 10.2 Å². The lowest BCUT2D eigenvalue weighted by Crippen LogP contribution is -1.90. The molecule has 2 aromatic rings. The van der Waals surface area contributed by atoms with Crippen LogP contribution in [0.1, 0.15) is 90.5 Å². The Kier molecular flexibility index (Phi) is 22.5. The molecule has 0 spiro atoms. The number of hydrogen-bond acceptors (Lipinski definition) is 2. The fraction of sp³-hybridized carbons (Fsp3) is 0.520. The van der Waals surface area contributed by atoms with Gasteiger partial charge in [-0.05, 0) is 54.7 Å². The van der Waals surface area contributed by atoms with E-state index in [0.29, 0.717) is 11.5 Å². The zero-order valence-electron chi connectivity index (χ0n) is 19.5. The topological polar surface area (TPSA) is 40.5 Å². The minimum atomic E-state index is 0.329. The van der Waals surface area contributed by atoms with E-state index in [-0.39, 0.29) is 0 Å². The monoisotopic (exact) mass is 376 g/mol. The van der Waals surface area contributed by atoms with E-state index in [1.807, 2.05) is 65.8 Å². The summed E-state index contributed by atoms with van der Waals surface area (Å²) in [5, 5.41) is 18.9. The number of hydrogen-bond donors (Lipinski definition) is 2. The van der Waals surface area contributed by atoms with Crippen LogP contribution in [0.25, 0.3) is 0 Å². The molecule has 0 fully saturated rings. The van der Waals surface area contributed by atoms with E-state index in [9.17, 15) is 10.2 Å². The molecule has 0 amide bonds. The van der Waals surface area contributed by atoms with Crippen LogP contribution in [-0.2, 0) is 6.42 Å². The predicted molar refractivity (Wildman–Crippen MR) is 123 cm³/mol. The quantitative estimate of drug-likeness (QED) is 0.554. The first kappa shape index (κ1) is 29.8. The van der Waals surface area contributed by atoms with Crippen molar-refractivity contribution < 1.29 is 10.2 Å². The standard InChI is InChI=1S/C15H16O2.2C3H8.2C2H6/c1-10-7-12(3-5-14(10)16)9-13-4-6-15(17)11(2)8-13;2*1-3-2;2*1-2/h3-8,16-17H,9H2,1-2H3;2*3H2,1-2H3;2*1-2H3. The summed E-state index contributed by atoms with van der Waals surface area (Å²) < 4.78 is 0. The lowest BCUT2D eigenvalue weighted by molar-refractivity contribution is 0.470. The summed E-state index contributed by atoms with van der Waals surface area (Å²) in [7, 11) is 0. The van der Waals surface area contributed by atoms with Gasteiger partial charge in [-0.3, -0.25) is 0 Å². The van der Waals surface area contributed by atoms with Crippen LogP contribution in [0.5, 0.6) is 11.5 Å². The van der Waals surface area contributed by atoms with Gasteiger partial charge in [-0.2, -0.15) is 0 Å². The highest BCUT2D eigenvalue weighted by molar-refractivity contribution is 5.40. The van der Waals surface area contributed by atoms with Crippen molar-refractivity contribution in [2.45, 2.75) is 88.5 Å². The van der Waals surface area contributed by atoms with Gasteiger partial charge in [0.15, 0.2) is 0 Å². The highest BCUT2D eigenvalue weighted by Gasteiger charge is 2.02. The zero-order chi connectivity index (χ0) is 21.8. The van der Waals surface area contributed by atoms with Gasteiger partial charge in [0.05, 0.1) is 0 Å². The molecule has 2 aromatic carbocycles. The highest BCUT2D eigenvalue weighted by atomic mass is 16.3. The molecule has 0 aliphatic rings. The third-order valence-electron chi connectivity index (χ3n) is 2.93. The van der Waals surface area contributed by atoms with Gasteiger partial charge in [0.25, 0.3) is 0 Å². The van der Waals surface area contributed by atoms with Gasteiger partial charge in [0.2, 0.25) is 0 Å². The molecule has 0 aliphatic carbocycles. The lowest BCUT2D eigenvalue weighted by Gasteiger charge is -2.06. The first-order valence-electron chi connectivity index (χ1n) is 10.5. The summed E-state index contributed by atoms with van der Waals surface area (Å²) in [5.41, 5.74) is 4.09. The van der Waals surface area contributed by atoms with Crippen molar-refractivity contribution in [1.82, 2.24) is 0 Å². The number of aryl methyl sites for hydroxylation is 2. The van der Waals surface area contributed by atoms with Crippen LogP contribution in [0.15, 0.2) is 36.4 Å². The third kappa shape index (κ3) is 14.9. The van der Waals surface area contributed by atoms with Crippen molar-refractivity contribution in [2.75, 3.05) is 0 Å². The summed E-state index contributed by atoms with van der Waals surface area (Å²) >= 11 is 0. The minimum Gasteiger partial charge on any atom is -0.508 e. The van der Waals surface area contributed by atoms with E-state index in [1.165, 1.54) is 12.8 Å². The molecule has 2 N–H and O–H groups in total. The fourth-order valence-electron chi connectivity index (χ4n) is 1.89. The van der Waals surface area contributed by atoms with Crippen molar-refractivity contribution in [3.05, 3.63) is 58.7 Å². The molecule has 0 aromatic heterocycles. The molecule has 0 saturated carbocycles. The van der Waals surface area contributed by atoms with Crippen LogP contribution in [0.2, 0.25) is 0 Å². The first-order chi connectivity index (χ1) is 12.9. The van der Waals surface area contributed by atoms with Crippen LogP contribution in [-0.4, -0.2) is 10.2 Å². The Balaban J connectivity index is -0.000000491. The predicted octanol–water partition coefficient (Wildman–Crippen LogP) is 8.19. The molecule has 0 saturated heterocycles. The molecule has 0 heterocycles. The zero-order valence-corrected chi connectivity index (χ0v) is 19.5. The molecular formula is C25H44O2. The molecule has 2 heteroatoms. The molecule has 2 nitrogen and oxygen atoms in total. The molecule has 0 atom stereocenters. The molecule has 156 valence electrons. The average Bonchev–Trinajstić information content (AvgIpc) is 2.66. The second-order valence-electron chi connectivity index (χ2n) is 5.83. The van der Waals surface area contributed by atoms with E-state index >= 15 is 0 Å². The molecule has 0 radical (unpaired) electrons. The second-order valence-corrected chi connectivity index (χ2v) is 5.83. The van der Waals surface area contributed by atoms with Crippen LogP contribution in [0.3, 0.4) is 0 Å². The Hall–Kier alpha value is -1.96. The summed E-state index contributed by atoms with van der Waals surface area (Å²) in [6.45, 7) is 20.3. The Morgan fingerprint density at radius 3 is 1.07 bits per heavy atom. The Labute approximate surface area is 169 Å². The van der Waals surface area contributed by atoms with Gasteiger partial charge in [-0.25, -0.2) is 0 Å². The molecular weight excluding hydrogens is 332 g/mol. The maximum absolute atomic E-state index is 9.46. The van der Waals surface area contributed by atoms with Crippen LogP contribution < -0.4 is 0 Å². The third-order valence-corrected chi connectivity index (χ3v) is 2.93. The summed E-state index contributed by atoms with van der Waals surface area (Å²) in [4.78, 5) is 0. The van der Waals surface area contributed by atoms with Crippen LogP contribution >= 0.6 is 0 Å². The molecule has 2 rings (SSSR count). The van der Waals surface area contributed by atoms with Crippen molar-refractivity contribution in [3.8, 4) is 11.5 Å². The molecule has 27 heavy (non-hydrogen) atoms. The van der Waals surface area contributed by atoms with Gasteiger partial charge >= 0.3 is 0 Å². The van der Waals surface area contributed by atoms with E-state index in [0.717, 1.165) is 28.7 Å². The fourth-order valence-corrected chi connectivity index (χ4v) is 1.89. The lowest BCUT2D eigenvalue weighted by atomic mass is 10.0. The van der Waals surface area contributed by atoms with Gasteiger partial charge in [-0.15, -0.1) is 0 Å². The number of benzene rings is 2. The number of phenols is 2. The van der Waals surface area contributed by atoms with Crippen molar-refractivity contribution in [2.24, 2.45) is 0 Å². The summed E-state index contributed by atoms with van der Waals surface area (Å²) in [5.74, 6) is 0.659. The van der Waals surface area contributed by atoms with Crippen LogP contribution in [0, 0.1) is 13.8 Å². The first-order valence-corrected chi connectivity index (χ1v) is 10.5. The van der Waals surface area contributed by atoms with E-state index < -0.39 is 0 Å². The minimum absolute atomic E-state index is 0.329. The van der Waals surface area contributed by atoms with E-state index in [2.05, 4.69) is 27.7 Å². The molecule has 0 unspecified atom stereocenters. The number of phenolic OH excluding ortho intramolecular Hbond substituents is 2. The van der Waals surface area contributed by atoms with Crippen molar-refractivity contribution in [3.63, 3.8) is 0 Å². The second kappa shape index (κ2) is 20.4.